The summed E-state index contributed by atoms with van der Waals surface area (Å²) in [6.45, 7) is 1.60. The fraction of sp³-hybridized carbons (Fsp3) is 0.533. The molecule has 0 radical (unpaired) electrons. The molecule has 1 aliphatic heterocycles. The van der Waals surface area contributed by atoms with Gasteiger partial charge in [0.15, 0.2) is 0 Å². The number of nitrogens with one attached hydrogen (secondary N) is 1. The average Bonchev–Trinajstić information content (AvgIpc) is 3.32. The zero-order valence-electron chi connectivity index (χ0n) is 11.7. The molecular formula is C15H17BrN4O. The summed E-state index contributed by atoms with van der Waals surface area (Å²) in [6.07, 6.45) is 5.75. The van der Waals surface area contributed by atoms with Crippen LogP contribution in [-0.4, -0.2) is 30.0 Å². The first-order valence-corrected chi connectivity index (χ1v) is 8.07. The van der Waals surface area contributed by atoms with Crippen molar-refractivity contribution in [1.82, 2.24) is 10.3 Å². The first-order chi connectivity index (χ1) is 10.2. The van der Waals surface area contributed by atoms with Crippen molar-refractivity contribution in [3.05, 3.63) is 22.3 Å². The zero-order valence-corrected chi connectivity index (χ0v) is 13.3. The first-order valence-electron chi connectivity index (χ1n) is 7.28. The SMILES string of the molecule is N#Cc1cc(Br)cnc1N1CCCC(NC(=O)C2CC2)C1. The number of carbonyl (C=O) groups is 1. The van der Waals surface area contributed by atoms with Gasteiger partial charge in [-0.15, -0.1) is 0 Å². The molecule has 1 aliphatic carbocycles. The number of anilines is 1. The van der Waals surface area contributed by atoms with Crippen molar-refractivity contribution in [2.24, 2.45) is 5.92 Å². The molecule has 1 aromatic heterocycles. The smallest absolute Gasteiger partial charge is 0.223 e. The molecule has 1 saturated heterocycles. The second-order valence-corrected chi connectivity index (χ2v) is 6.62. The van der Waals surface area contributed by atoms with Crippen LogP contribution in [0.3, 0.4) is 0 Å². The van der Waals surface area contributed by atoms with E-state index in [0.29, 0.717) is 11.4 Å². The third kappa shape index (κ3) is 3.35. The van der Waals surface area contributed by atoms with E-state index in [1.54, 1.807) is 12.3 Å². The number of halogens is 1. The van der Waals surface area contributed by atoms with Crippen LogP contribution in [0.5, 0.6) is 0 Å². The summed E-state index contributed by atoms with van der Waals surface area (Å²) in [5.41, 5.74) is 0.568. The van der Waals surface area contributed by atoms with Crippen LogP contribution >= 0.6 is 15.9 Å². The van der Waals surface area contributed by atoms with Gasteiger partial charge in [0.2, 0.25) is 5.91 Å². The van der Waals surface area contributed by atoms with Crippen LogP contribution in [0.15, 0.2) is 16.7 Å². The monoisotopic (exact) mass is 348 g/mol. The predicted octanol–water partition coefficient (Wildman–Crippen LogP) is 2.21. The van der Waals surface area contributed by atoms with Gasteiger partial charge in [-0.05, 0) is 47.7 Å². The van der Waals surface area contributed by atoms with Crippen LogP contribution in [0.25, 0.3) is 0 Å². The molecule has 0 aromatic carbocycles. The first kappa shape index (κ1) is 14.3. The molecule has 0 spiro atoms. The Bertz CT molecular complexity index is 594. The summed E-state index contributed by atoms with van der Waals surface area (Å²) >= 11 is 3.34. The summed E-state index contributed by atoms with van der Waals surface area (Å²) in [5.74, 6) is 1.14. The van der Waals surface area contributed by atoms with Crippen LogP contribution in [0.1, 0.15) is 31.2 Å². The third-order valence-corrected chi connectivity index (χ3v) is 4.40. The van der Waals surface area contributed by atoms with Crippen LogP contribution in [0.4, 0.5) is 5.82 Å². The Kier molecular flexibility index (Phi) is 4.11. The van der Waals surface area contributed by atoms with Crippen molar-refractivity contribution in [3.63, 3.8) is 0 Å². The van der Waals surface area contributed by atoms with Gasteiger partial charge in [-0.2, -0.15) is 5.26 Å². The number of amides is 1. The van der Waals surface area contributed by atoms with Gasteiger partial charge in [-0.3, -0.25) is 4.79 Å². The minimum absolute atomic E-state index is 0.156. The molecule has 21 heavy (non-hydrogen) atoms. The van der Waals surface area contributed by atoms with E-state index in [1.165, 1.54) is 0 Å². The van der Waals surface area contributed by atoms with E-state index >= 15 is 0 Å². The van der Waals surface area contributed by atoms with Gasteiger partial charge in [0, 0.05) is 35.7 Å². The number of hydrogen-bond donors (Lipinski definition) is 1. The molecule has 2 heterocycles. The highest BCUT2D eigenvalue weighted by Gasteiger charge is 2.32. The highest BCUT2D eigenvalue weighted by Crippen LogP contribution is 2.29. The summed E-state index contributed by atoms with van der Waals surface area (Å²) in [6, 6.07) is 4.14. The van der Waals surface area contributed by atoms with Crippen LogP contribution in [0, 0.1) is 17.2 Å². The number of carbonyl (C=O) groups excluding carboxylic acids is 1. The fourth-order valence-corrected chi connectivity index (χ4v) is 3.05. The van der Waals surface area contributed by atoms with E-state index < -0.39 is 0 Å². The number of hydrogen-bond acceptors (Lipinski definition) is 4. The minimum Gasteiger partial charge on any atom is -0.353 e. The molecule has 1 amide bonds. The van der Waals surface area contributed by atoms with Crippen molar-refractivity contribution in [2.75, 3.05) is 18.0 Å². The van der Waals surface area contributed by atoms with Gasteiger partial charge >= 0.3 is 0 Å². The Morgan fingerprint density at radius 1 is 1.48 bits per heavy atom. The minimum atomic E-state index is 0.156. The summed E-state index contributed by atoms with van der Waals surface area (Å²) in [7, 11) is 0. The predicted molar refractivity (Wildman–Crippen MR) is 82.8 cm³/mol. The Morgan fingerprint density at radius 3 is 3.00 bits per heavy atom. The van der Waals surface area contributed by atoms with Gasteiger partial charge in [0.05, 0.1) is 5.56 Å². The number of piperidine rings is 1. The van der Waals surface area contributed by atoms with Crippen molar-refractivity contribution >= 4 is 27.7 Å². The number of rotatable bonds is 3. The molecule has 110 valence electrons. The lowest BCUT2D eigenvalue weighted by Crippen LogP contribution is -2.48. The standard InChI is InChI=1S/C15H17BrN4O/c16-12-6-11(7-17)14(18-8-12)20-5-1-2-13(9-20)19-15(21)10-3-4-10/h6,8,10,13H,1-5,9H2,(H,19,21). The van der Waals surface area contributed by atoms with Gasteiger partial charge in [-0.25, -0.2) is 4.98 Å². The molecule has 5 nitrogen and oxygen atoms in total. The summed E-state index contributed by atoms with van der Waals surface area (Å²) in [5, 5.41) is 12.4. The normalized spacial score (nSPS) is 21.7. The topological polar surface area (TPSA) is 69.0 Å². The van der Waals surface area contributed by atoms with E-state index in [9.17, 15) is 10.1 Å². The highest BCUT2D eigenvalue weighted by molar-refractivity contribution is 9.10. The van der Waals surface area contributed by atoms with Gasteiger partial charge in [0.25, 0.3) is 0 Å². The summed E-state index contributed by atoms with van der Waals surface area (Å²) < 4.78 is 0.804. The van der Waals surface area contributed by atoms with E-state index in [1.807, 2.05) is 0 Å². The van der Waals surface area contributed by atoms with E-state index in [2.05, 4.69) is 37.2 Å². The Hall–Kier alpha value is -1.61. The molecule has 2 aliphatic rings. The van der Waals surface area contributed by atoms with Gasteiger partial charge in [-0.1, -0.05) is 0 Å². The molecule has 1 aromatic rings. The number of pyridine rings is 1. The van der Waals surface area contributed by atoms with E-state index in [-0.39, 0.29) is 17.9 Å². The van der Waals surface area contributed by atoms with Crippen LogP contribution in [-0.2, 0) is 4.79 Å². The van der Waals surface area contributed by atoms with Crippen LogP contribution < -0.4 is 10.2 Å². The second-order valence-electron chi connectivity index (χ2n) is 5.70. The Balaban J connectivity index is 1.70. The Morgan fingerprint density at radius 2 is 2.29 bits per heavy atom. The molecule has 3 rings (SSSR count). The lowest BCUT2D eigenvalue weighted by Gasteiger charge is -2.34. The second kappa shape index (κ2) is 6.02. The fourth-order valence-electron chi connectivity index (χ4n) is 2.72. The quantitative estimate of drug-likeness (QED) is 0.909. The van der Waals surface area contributed by atoms with E-state index in [4.69, 9.17) is 0 Å². The third-order valence-electron chi connectivity index (χ3n) is 3.97. The van der Waals surface area contributed by atoms with Crippen molar-refractivity contribution in [2.45, 2.75) is 31.7 Å². The molecule has 1 unspecified atom stereocenters. The maximum atomic E-state index is 11.9. The number of nitrogens with zero attached hydrogens (tertiary/aromatic N) is 3. The van der Waals surface area contributed by atoms with Crippen molar-refractivity contribution in [3.8, 4) is 6.07 Å². The van der Waals surface area contributed by atoms with Crippen LogP contribution in [0.2, 0.25) is 0 Å². The molecule has 0 bridgehead atoms. The lowest BCUT2D eigenvalue weighted by atomic mass is 10.0. The molecule has 1 saturated carbocycles. The number of aromatic nitrogens is 1. The average molecular weight is 349 g/mol. The zero-order chi connectivity index (χ0) is 14.8. The van der Waals surface area contributed by atoms with E-state index in [0.717, 1.165) is 43.2 Å². The summed E-state index contributed by atoms with van der Waals surface area (Å²) in [4.78, 5) is 18.4. The van der Waals surface area contributed by atoms with Crippen molar-refractivity contribution < 1.29 is 4.79 Å². The molecule has 1 N–H and O–H groups in total. The van der Waals surface area contributed by atoms with Crippen molar-refractivity contribution in [1.29, 1.82) is 5.26 Å². The van der Waals surface area contributed by atoms with Gasteiger partial charge in [0.1, 0.15) is 11.9 Å². The maximum Gasteiger partial charge on any atom is 0.223 e. The number of nitriles is 1. The largest absolute Gasteiger partial charge is 0.353 e. The molecule has 1 atom stereocenters. The highest BCUT2D eigenvalue weighted by atomic mass is 79.9. The van der Waals surface area contributed by atoms with Gasteiger partial charge < -0.3 is 10.2 Å². The lowest BCUT2D eigenvalue weighted by molar-refractivity contribution is -0.123. The molecule has 2 fully saturated rings. The maximum absolute atomic E-state index is 11.9. The Labute approximate surface area is 132 Å². The molecular weight excluding hydrogens is 332 g/mol. The molecule has 6 heteroatoms.